The Hall–Kier alpha value is -3.02. The van der Waals surface area contributed by atoms with Crippen molar-refractivity contribution in [2.45, 2.75) is 77.0 Å². The number of hydrogen-bond donors (Lipinski definition) is 1. The SMILES string of the molecule is Cc1ccc(CN2C(=O)c3cc4occc4n3CC2(C)C(=O)NC2CCCCCC2)cc1. The molecule has 3 aromatic rings. The smallest absolute Gasteiger partial charge is 0.271 e. The van der Waals surface area contributed by atoms with Gasteiger partial charge in [-0.25, -0.2) is 0 Å². The monoisotopic (exact) mass is 433 g/mol. The van der Waals surface area contributed by atoms with E-state index >= 15 is 0 Å². The summed E-state index contributed by atoms with van der Waals surface area (Å²) in [5.41, 5.74) is 3.30. The van der Waals surface area contributed by atoms with Gasteiger partial charge in [-0.05, 0) is 32.3 Å². The summed E-state index contributed by atoms with van der Waals surface area (Å²) in [6, 6.07) is 12.0. The molecule has 0 radical (unpaired) electrons. The molecule has 3 heterocycles. The van der Waals surface area contributed by atoms with Crippen LogP contribution < -0.4 is 5.32 Å². The lowest BCUT2D eigenvalue weighted by atomic mass is 9.93. The zero-order chi connectivity index (χ0) is 22.3. The minimum atomic E-state index is -0.996. The fraction of sp³-hybridized carbons (Fsp3) is 0.462. The molecule has 1 aromatic carbocycles. The molecule has 2 aliphatic rings. The molecule has 1 fully saturated rings. The van der Waals surface area contributed by atoms with E-state index in [0.717, 1.165) is 36.8 Å². The van der Waals surface area contributed by atoms with E-state index in [1.165, 1.54) is 18.4 Å². The van der Waals surface area contributed by atoms with E-state index in [9.17, 15) is 9.59 Å². The number of hydrogen-bond acceptors (Lipinski definition) is 3. The fourth-order valence-electron chi connectivity index (χ4n) is 5.16. The van der Waals surface area contributed by atoms with Crippen LogP contribution in [0.25, 0.3) is 11.1 Å². The van der Waals surface area contributed by atoms with Gasteiger partial charge in [-0.3, -0.25) is 9.59 Å². The van der Waals surface area contributed by atoms with Crippen molar-refractivity contribution >= 4 is 22.9 Å². The molecule has 0 spiro atoms. The highest BCUT2D eigenvalue weighted by Gasteiger charge is 2.48. The van der Waals surface area contributed by atoms with Gasteiger partial charge in [0.05, 0.1) is 18.3 Å². The van der Waals surface area contributed by atoms with Gasteiger partial charge in [0.2, 0.25) is 5.91 Å². The van der Waals surface area contributed by atoms with Crippen molar-refractivity contribution in [3.05, 3.63) is 59.5 Å². The Morgan fingerprint density at radius 1 is 1.12 bits per heavy atom. The quantitative estimate of drug-likeness (QED) is 0.601. The van der Waals surface area contributed by atoms with E-state index in [-0.39, 0.29) is 17.9 Å². The first-order valence-corrected chi connectivity index (χ1v) is 11.7. The molecule has 2 amide bonds. The summed E-state index contributed by atoms with van der Waals surface area (Å²) < 4.78 is 7.50. The lowest BCUT2D eigenvalue weighted by Crippen LogP contribution is -2.64. The molecule has 1 N–H and O–H groups in total. The number of aryl methyl sites for hydroxylation is 1. The van der Waals surface area contributed by atoms with Crippen LogP contribution in [0, 0.1) is 6.92 Å². The normalized spacial score (nSPS) is 22.1. The molecule has 6 heteroatoms. The number of carbonyl (C=O) groups excluding carboxylic acids is 2. The zero-order valence-electron chi connectivity index (χ0n) is 18.9. The molecule has 1 aliphatic heterocycles. The second kappa shape index (κ2) is 8.15. The molecule has 0 saturated heterocycles. The summed E-state index contributed by atoms with van der Waals surface area (Å²) in [4.78, 5) is 29.2. The van der Waals surface area contributed by atoms with E-state index in [4.69, 9.17) is 4.42 Å². The predicted molar refractivity (Wildman–Crippen MR) is 123 cm³/mol. The van der Waals surface area contributed by atoms with Gasteiger partial charge in [0.25, 0.3) is 5.91 Å². The number of carbonyl (C=O) groups is 2. The summed E-state index contributed by atoms with van der Waals surface area (Å²) in [5.74, 6) is -0.206. The van der Waals surface area contributed by atoms with E-state index in [0.29, 0.717) is 24.4 Å². The summed E-state index contributed by atoms with van der Waals surface area (Å²) in [6.45, 7) is 4.74. The van der Waals surface area contributed by atoms with Crippen LogP contribution in [0.1, 0.15) is 67.1 Å². The van der Waals surface area contributed by atoms with E-state index in [2.05, 4.69) is 5.32 Å². The molecule has 2 aromatic heterocycles. The van der Waals surface area contributed by atoms with E-state index < -0.39 is 5.54 Å². The number of aromatic nitrogens is 1. The van der Waals surface area contributed by atoms with Crippen molar-refractivity contribution in [3.63, 3.8) is 0 Å². The average Bonchev–Trinajstić information content (AvgIpc) is 3.27. The van der Waals surface area contributed by atoms with Gasteiger partial charge in [-0.1, -0.05) is 55.5 Å². The lowest BCUT2D eigenvalue weighted by Gasteiger charge is -2.44. The van der Waals surface area contributed by atoms with Crippen LogP contribution in [0.2, 0.25) is 0 Å². The summed E-state index contributed by atoms with van der Waals surface area (Å²) in [6.07, 6.45) is 8.39. The van der Waals surface area contributed by atoms with Crippen LogP contribution in [0.5, 0.6) is 0 Å². The Labute approximate surface area is 188 Å². The van der Waals surface area contributed by atoms with Gasteiger partial charge in [0.1, 0.15) is 11.2 Å². The first kappa shape index (κ1) is 20.9. The second-order valence-electron chi connectivity index (χ2n) is 9.60. The number of fused-ring (bicyclic) bond motifs is 3. The fourth-order valence-corrected chi connectivity index (χ4v) is 5.16. The molecular weight excluding hydrogens is 402 g/mol. The molecule has 0 bridgehead atoms. The van der Waals surface area contributed by atoms with Gasteiger partial charge in [-0.15, -0.1) is 0 Å². The summed E-state index contributed by atoms with van der Waals surface area (Å²) in [5, 5.41) is 3.31. The topological polar surface area (TPSA) is 67.5 Å². The van der Waals surface area contributed by atoms with Gasteiger partial charge < -0.3 is 19.2 Å². The maximum absolute atomic E-state index is 13.8. The number of rotatable bonds is 4. The van der Waals surface area contributed by atoms with Gasteiger partial charge in [0.15, 0.2) is 5.58 Å². The number of nitrogens with zero attached hydrogens (tertiary/aromatic N) is 2. The van der Waals surface area contributed by atoms with Crippen LogP contribution in [0.15, 0.2) is 47.1 Å². The van der Waals surface area contributed by atoms with Gasteiger partial charge in [0, 0.05) is 24.7 Å². The van der Waals surface area contributed by atoms with E-state index in [1.807, 2.05) is 48.7 Å². The summed E-state index contributed by atoms with van der Waals surface area (Å²) >= 11 is 0. The Bertz CT molecular complexity index is 1130. The van der Waals surface area contributed by atoms with E-state index in [1.54, 1.807) is 17.2 Å². The molecule has 1 aliphatic carbocycles. The average molecular weight is 434 g/mol. The minimum absolute atomic E-state index is 0.0687. The summed E-state index contributed by atoms with van der Waals surface area (Å²) in [7, 11) is 0. The highest BCUT2D eigenvalue weighted by atomic mass is 16.3. The second-order valence-corrected chi connectivity index (χ2v) is 9.60. The largest absolute Gasteiger partial charge is 0.463 e. The number of nitrogens with one attached hydrogen (secondary N) is 1. The number of amides is 2. The maximum Gasteiger partial charge on any atom is 0.271 e. The zero-order valence-corrected chi connectivity index (χ0v) is 18.9. The highest BCUT2D eigenvalue weighted by molar-refractivity contribution is 6.02. The molecule has 32 heavy (non-hydrogen) atoms. The van der Waals surface area contributed by atoms with Crippen LogP contribution in [-0.2, 0) is 17.9 Å². The third kappa shape index (κ3) is 3.61. The third-order valence-electron chi connectivity index (χ3n) is 7.19. The molecular formula is C26H31N3O3. The van der Waals surface area contributed by atoms with Crippen LogP contribution >= 0.6 is 0 Å². The highest BCUT2D eigenvalue weighted by Crippen LogP contribution is 2.34. The number of benzene rings is 1. The Kier molecular flexibility index (Phi) is 5.31. The predicted octanol–water partition coefficient (Wildman–Crippen LogP) is 4.80. The van der Waals surface area contributed by atoms with Gasteiger partial charge >= 0.3 is 0 Å². The van der Waals surface area contributed by atoms with Crippen molar-refractivity contribution in [1.82, 2.24) is 14.8 Å². The van der Waals surface area contributed by atoms with Crippen molar-refractivity contribution in [1.29, 1.82) is 0 Å². The molecule has 5 rings (SSSR count). The first-order chi connectivity index (χ1) is 15.5. The third-order valence-corrected chi connectivity index (χ3v) is 7.19. The van der Waals surface area contributed by atoms with Crippen molar-refractivity contribution in [2.24, 2.45) is 0 Å². The Balaban J connectivity index is 1.51. The molecule has 168 valence electrons. The van der Waals surface area contributed by atoms with Gasteiger partial charge in [-0.2, -0.15) is 0 Å². The molecule has 1 unspecified atom stereocenters. The Morgan fingerprint density at radius 2 is 1.84 bits per heavy atom. The lowest BCUT2D eigenvalue weighted by molar-refractivity contribution is -0.134. The molecule has 6 nitrogen and oxygen atoms in total. The molecule has 1 atom stereocenters. The maximum atomic E-state index is 13.8. The van der Waals surface area contributed by atoms with Crippen molar-refractivity contribution in [2.75, 3.05) is 0 Å². The van der Waals surface area contributed by atoms with Crippen LogP contribution in [0.3, 0.4) is 0 Å². The van der Waals surface area contributed by atoms with Crippen molar-refractivity contribution in [3.8, 4) is 0 Å². The standard InChI is InChI=1S/C26H31N3O3/c1-18-9-11-19(12-10-18)16-29-24(30)22-15-23-21(13-14-32-23)28(22)17-26(29,2)25(31)27-20-7-5-3-4-6-8-20/h9-15,20H,3-8,16-17H2,1-2H3,(H,27,31). The van der Waals surface area contributed by atoms with Crippen LogP contribution in [0.4, 0.5) is 0 Å². The van der Waals surface area contributed by atoms with Crippen LogP contribution in [-0.4, -0.2) is 32.9 Å². The number of furan rings is 1. The first-order valence-electron chi connectivity index (χ1n) is 11.7. The molecule has 1 saturated carbocycles. The van der Waals surface area contributed by atoms with Crippen molar-refractivity contribution < 1.29 is 14.0 Å². The minimum Gasteiger partial charge on any atom is -0.463 e. The Morgan fingerprint density at radius 3 is 2.56 bits per heavy atom.